The number of carbonyl (C=O) groups excluding carboxylic acids is 1. The molecule has 1 amide bonds. The molecule has 4 nitrogen and oxygen atoms in total. The Morgan fingerprint density at radius 2 is 0.721 bits per heavy atom. The van der Waals surface area contributed by atoms with Gasteiger partial charge in [-0.2, -0.15) is 0 Å². The van der Waals surface area contributed by atoms with E-state index in [1.54, 1.807) is 6.08 Å². The van der Waals surface area contributed by atoms with Gasteiger partial charge in [-0.15, -0.1) is 0 Å². The van der Waals surface area contributed by atoms with Crippen LogP contribution in [0, 0.1) is 0 Å². The maximum Gasteiger partial charge on any atom is 0.220 e. The molecular formula is C57H103NO3. The maximum absolute atomic E-state index is 12.5. The minimum atomic E-state index is -0.843. The van der Waals surface area contributed by atoms with Crippen molar-refractivity contribution in [3.05, 3.63) is 72.9 Å². The predicted molar refractivity (Wildman–Crippen MR) is 271 cm³/mol. The third kappa shape index (κ3) is 48.7. The Bertz CT molecular complexity index is 1050. The molecule has 0 fully saturated rings. The molecule has 2 atom stereocenters. The summed E-state index contributed by atoms with van der Waals surface area (Å²) in [5.41, 5.74) is 0. The van der Waals surface area contributed by atoms with Gasteiger partial charge in [0.15, 0.2) is 0 Å². The van der Waals surface area contributed by atoms with Crippen molar-refractivity contribution in [2.75, 3.05) is 6.61 Å². The molecule has 0 heterocycles. The number of amides is 1. The van der Waals surface area contributed by atoms with Crippen molar-refractivity contribution in [1.29, 1.82) is 0 Å². The molecule has 0 saturated heterocycles. The van der Waals surface area contributed by atoms with Crippen molar-refractivity contribution < 1.29 is 15.0 Å². The highest BCUT2D eigenvalue weighted by Crippen LogP contribution is 2.16. The Morgan fingerprint density at radius 1 is 0.410 bits per heavy atom. The zero-order valence-electron chi connectivity index (χ0n) is 40.7. The summed E-state index contributed by atoms with van der Waals surface area (Å²) in [5.74, 6) is -0.0656. The Labute approximate surface area is 380 Å². The van der Waals surface area contributed by atoms with Gasteiger partial charge in [0.1, 0.15) is 0 Å². The van der Waals surface area contributed by atoms with E-state index < -0.39 is 12.1 Å². The maximum atomic E-state index is 12.5. The van der Waals surface area contributed by atoms with Crippen LogP contribution in [-0.2, 0) is 4.79 Å². The molecule has 0 aromatic rings. The second kappa shape index (κ2) is 52.2. The number of aliphatic hydroxyl groups is 2. The molecule has 0 aromatic heterocycles. The van der Waals surface area contributed by atoms with Gasteiger partial charge in [-0.05, 0) is 64.2 Å². The average Bonchev–Trinajstić information content (AvgIpc) is 3.26. The normalized spacial score (nSPS) is 13.4. The lowest BCUT2D eigenvalue weighted by Crippen LogP contribution is -2.45. The van der Waals surface area contributed by atoms with Crippen LogP contribution < -0.4 is 5.32 Å². The third-order valence-corrected chi connectivity index (χ3v) is 11.9. The van der Waals surface area contributed by atoms with E-state index >= 15 is 0 Å². The van der Waals surface area contributed by atoms with Crippen LogP contribution >= 0.6 is 0 Å². The minimum Gasteiger partial charge on any atom is -0.394 e. The second-order valence-corrected chi connectivity index (χ2v) is 17.9. The van der Waals surface area contributed by atoms with Gasteiger partial charge in [0, 0.05) is 6.42 Å². The van der Waals surface area contributed by atoms with E-state index in [9.17, 15) is 15.0 Å². The quantitative estimate of drug-likeness (QED) is 0.0422. The van der Waals surface area contributed by atoms with Crippen molar-refractivity contribution in [2.45, 2.75) is 276 Å². The summed E-state index contributed by atoms with van der Waals surface area (Å²) >= 11 is 0. The molecule has 4 heteroatoms. The van der Waals surface area contributed by atoms with Crippen LogP contribution in [0.15, 0.2) is 72.9 Å². The summed E-state index contributed by atoms with van der Waals surface area (Å²) in [6, 6.07) is -0.626. The van der Waals surface area contributed by atoms with Crippen LogP contribution in [0.4, 0.5) is 0 Å². The SMILES string of the molecule is CC/C=C\C/C=C\C/C=C\C/C=C\C/C=C\CCCCCCCCCCCCCCCC(=O)NC(CO)C(O)/C=C/CCCCCCCCCCCCCCCCCCCC. The third-order valence-electron chi connectivity index (χ3n) is 11.9. The number of hydrogen-bond acceptors (Lipinski definition) is 3. The molecule has 0 bridgehead atoms. The first kappa shape index (κ1) is 58.8. The highest BCUT2D eigenvalue weighted by atomic mass is 16.3. The van der Waals surface area contributed by atoms with Gasteiger partial charge in [-0.3, -0.25) is 4.79 Å². The van der Waals surface area contributed by atoms with Crippen molar-refractivity contribution in [3.8, 4) is 0 Å². The predicted octanol–water partition coefficient (Wildman–Crippen LogP) is 17.4. The number of rotatable bonds is 48. The molecule has 0 aliphatic heterocycles. The molecule has 0 aromatic carbocycles. The summed E-state index contributed by atoms with van der Waals surface area (Å²) in [4.78, 5) is 12.5. The van der Waals surface area contributed by atoms with E-state index in [0.29, 0.717) is 6.42 Å². The van der Waals surface area contributed by atoms with Crippen molar-refractivity contribution >= 4 is 5.91 Å². The smallest absolute Gasteiger partial charge is 0.220 e. The molecule has 2 unspecified atom stereocenters. The van der Waals surface area contributed by atoms with Crippen molar-refractivity contribution in [3.63, 3.8) is 0 Å². The van der Waals surface area contributed by atoms with Gasteiger partial charge in [0.05, 0.1) is 18.8 Å². The number of nitrogens with one attached hydrogen (secondary N) is 1. The molecule has 0 radical (unpaired) electrons. The van der Waals surface area contributed by atoms with Gasteiger partial charge in [-0.1, -0.05) is 267 Å². The molecule has 3 N–H and O–H groups in total. The first-order valence-corrected chi connectivity index (χ1v) is 26.7. The van der Waals surface area contributed by atoms with E-state index in [2.05, 4.69) is 79.9 Å². The Kier molecular flexibility index (Phi) is 50.3. The zero-order chi connectivity index (χ0) is 44.2. The summed E-state index contributed by atoms with van der Waals surface area (Å²) in [7, 11) is 0. The Morgan fingerprint density at radius 3 is 1.08 bits per heavy atom. The van der Waals surface area contributed by atoms with Gasteiger partial charge in [-0.25, -0.2) is 0 Å². The topological polar surface area (TPSA) is 69.6 Å². The molecule has 354 valence electrons. The monoisotopic (exact) mass is 850 g/mol. The van der Waals surface area contributed by atoms with E-state index in [-0.39, 0.29) is 12.5 Å². The van der Waals surface area contributed by atoms with Crippen LogP contribution in [0.5, 0.6) is 0 Å². The molecule has 0 rings (SSSR count). The minimum absolute atomic E-state index is 0.0656. The van der Waals surface area contributed by atoms with Crippen LogP contribution in [0.25, 0.3) is 0 Å². The van der Waals surface area contributed by atoms with E-state index in [1.165, 1.54) is 186 Å². The fourth-order valence-electron chi connectivity index (χ4n) is 7.91. The van der Waals surface area contributed by atoms with Crippen molar-refractivity contribution in [2.24, 2.45) is 0 Å². The summed E-state index contributed by atoms with van der Waals surface area (Å²) in [6.45, 7) is 4.21. The first-order chi connectivity index (χ1) is 30.2. The van der Waals surface area contributed by atoms with Crippen LogP contribution in [0.1, 0.15) is 264 Å². The molecule has 0 saturated carbocycles. The van der Waals surface area contributed by atoms with Crippen molar-refractivity contribution in [1.82, 2.24) is 5.32 Å². The van der Waals surface area contributed by atoms with Gasteiger partial charge in [0.2, 0.25) is 5.91 Å². The van der Waals surface area contributed by atoms with Gasteiger partial charge < -0.3 is 15.5 Å². The second-order valence-electron chi connectivity index (χ2n) is 17.9. The highest BCUT2D eigenvalue weighted by molar-refractivity contribution is 5.76. The Hall–Kier alpha value is -2.17. The molecule has 0 spiro atoms. The first-order valence-electron chi connectivity index (χ1n) is 26.7. The Balaban J connectivity index is 3.53. The molecule has 0 aliphatic rings. The zero-order valence-corrected chi connectivity index (χ0v) is 40.7. The summed E-state index contributed by atoms with van der Waals surface area (Å²) in [5, 5.41) is 23.1. The fourth-order valence-corrected chi connectivity index (χ4v) is 7.91. The van der Waals surface area contributed by atoms with Gasteiger partial charge in [0.25, 0.3) is 0 Å². The van der Waals surface area contributed by atoms with E-state index in [4.69, 9.17) is 0 Å². The number of hydrogen-bond donors (Lipinski definition) is 3. The molecule has 0 aliphatic carbocycles. The number of carbonyl (C=O) groups is 1. The number of allylic oxidation sites excluding steroid dienone is 11. The standard InChI is InChI=1S/C57H103NO3/c1-3-5-7-9-11-13-15-17-19-21-23-25-26-27-28-29-30-31-32-33-35-37-39-41-43-45-47-49-51-53-57(61)58-55(54-59)56(60)52-50-48-46-44-42-40-38-36-34-24-22-20-18-16-14-12-10-8-6-4-2/h5,7,11,13,17,19,23,25,27-28,50,52,55-56,59-60H,3-4,6,8-10,12,14-16,18,20-22,24,26,29-49,51,53-54H2,1-2H3,(H,58,61)/b7-5-,13-11-,19-17-,25-23-,28-27-,52-50+. The van der Waals surface area contributed by atoms with Crippen LogP contribution in [0.2, 0.25) is 0 Å². The highest BCUT2D eigenvalue weighted by Gasteiger charge is 2.18. The lowest BCUT2D eigenvalue weighted by molar-refractivity contribution is -0.123. The number of unbranched alkanes of at least 4 members (excludes halogenated alkanes) is 31. The lowest BCUT2D eigenvalue weighted by atomic mass is 10.0. The number of aliphatic hydroxyl groups excluding tert-OH is 2. The fraction of sp³-hybridized carbons (Fsp3) is 0.772. The van der Waals surface area contributed by atoms with Crippen LogP contribution in [-0.4, -0.2) is 34.9 Å². The lowest BCUT2D eigenvalue weighted by Gasteiger charge is -2.20. The van der Waals surface area contributed by atoms with Gasteiger partial charge >= 0.3 is 0 Å². The molecule has 61 heavy (non-hydrogen) atoms. The largest absolute Gasteiger partial charge is 0.394 e. The molecular weight excluding hydrogens is 747 g/mol. The van der Waals surface area contributed by atoms with Crippen LogP contribution in [0.3, 0.4) is 0 Å². The summed E-state index contributed by atoms with van der Waals surface area (Å²) in [6.07, 6.45) is 74.7. The van der Waals surface area contributed by atoms with E-state index in [1.807, 2.05) is 6.08 Å². The summed E-state index contributed by atoms with van der Waals surface area (Å²) < 4.78 is 0. The average molecular weight is 850 g/mol. The van der Waals surface area contributed by atoms with E-state index in [0.717, 1.165) is 57.8 Å².